The molecule has 5 nitrogen and oxygen atoms in total. The number of nitrogens with one attached hydrogen (secondary N) is 2. The zero-order valence-corrected chi connectivity index (χ0v) is 14.2. The second-order valence-corrected chi connectivity index (χ2v) is 5.98. The third kappa shape index (κ3) is 6.83. The van der Waals surface area contributed by atoms with Gasteiger partial charge in [-0.15, -0.1) is 0 Å². The molecule has 0 spiro atoms. The summed E-state index contributed by atoms with van der Waals surface area (Å²) in [6.07, 6.45) is 0. The minimum absolute atomic E-state index is 0.00838. The summed E-state index contributed by atoms with van der Waals surface area (Å²) >= 11 is 11.8. The van der Waals surface area contributed by atoms with Crippen LogP contribution in [0.25, 0.3) is 0 Å². The molecule has 0 heterocycles. The molecule has 2 atom stereocenters. The van der Waals surface area contributed by atoms with Crippen LogP contribution < -0.4 is 10.6 Å². The fourth-order valence-corrected chi connectivity index (χ4v) is 2.08. The van der Waals surface area contributed by atoms with Crippen molar-refractivity contribution in [2.24, 2.45) is 5.92 Å². The van der Waals surface area contributed by atoms with Gasteiger partial charge in [0, 0.05) is 29.2 Å². The summed E-state index contributed by atoms with van der Waals surface area (Å²) in [6, 6.07) is 4.85. The number of aliphatic hydroxyl groups is 1. The molecule has 0 saturated carbocycles. The Hall–Kier alpha value is -1.01. The van der Waals surface area contributed by atoms with E-state index < -0.39 is 0 Å². The zero-order valence-electron chi connectivity index (χ0n) is 12.7. The van der Waals surface area contributed by atoms with Gasteiger partial charge in [0.25, 0.3) is 0 Å². The zero-order chi connectivity index (χ0) is 16.5. The fraction of sp³-hybridized carbons (Fsp3) is 0.533. The van der Waals surface area contributed by atoms with E-state index in [4.69, 9.17) is 33.0 Å². The summed E-state index contributed by atoms with van der Waals surface area (Å²) in [5.41, 5.74) is 0.848. The molecule has 124 valence electrons. The Balaban J connectivity index is 2.18. The first kappa shape index (κ1) is 19.0. The third-order valence-electron chi connectivity index (χ3n) is 3.30. The molecule has 1 aromatic rings. The normalized spacial score (nSPS) is 13.5. The first-order valence-corrected chi connectivity index (χ1v) is 7.86. The maximum Gasteiger partial charge on any atom is 0.315 e. The van der Waals surface area contributed by atoms with E-state index in [1.165, 1.54) is 0 Å². The summed E-state index contributed by atoms with van der Waals surface area (Å²) in [6.45, 7) is 4.86. The SMILES string of the molecule is CC(CO)C(C)NC(=O)NCCOCc1ccc(Cl)cc1Cl. The van der Waals surface area contributed by atoms with Gasteiger partial charge in [0.2, 0.25) is 0 Å². The molecular weight excluding hydrogens is 327 g/mol. The van der Waals surface area contributed by atoms with Gasteiger partial charge in [0.15, 0.2) is 0 Å². The topological polar surface area (TPSA) is 70.6 Å². The van der Waals surface area contributed by atoms with Crippen LogP contribution in [-0.4, -0.2) is 36.9 Å². The van der Waals surface area contributed by atoms with E-state index in [1.807, 2.05) is 19.9 Å². The molecule has 0 aliphatic rings. The van der Waals surface area contributed by atoms with E-state index in [2.05, 4.69) is 10.6 Å². The Morgan fingerprint density at radius 1 is 1.36 bits per heavy atom. The molecule has 0 bridgehead atoms. The lowest BCUT2D eigenvalue weighted by atomic mass is 10.1. The van der Waals surface area contributed by atoms with Crippen LogP contribution in [-0.2, 0) is 11.3 Å². The third-order valence-corrected chi connectivity index (χ3v) is 3.89. The van der Waals surface area contributed by atoms with E-state index in [1.54, 1.807) is 12.1 Å². The molecule has 0 fully saturated rings. The predicted molar refractivity (Wildman–Crippen MR) is 88.4 cm³/mol. The highest BCUT2D eigenvalue weighted by molar-refractivity contribution is 6.35. The Kier molecular flexibility index (Phi) is 8.56. The van der Waals surface area contributed by atoms with Crippen LogP contribution in [0.3, 0.4) is 0 Å². The number of benzene rings is 1. The van der Waals surface area contributed by atoms with Crippen LogP contribution in [0.5, 0.6) is 0 Å². The van der Waals surface area contributed by atoms with Crippen molar-refractivity contribution in [1.82, 2.24) is 10.6 Å². The number of carbonyl (C=O) groups excluding carboxylic acids is 1. The molecule has 7 heteroatoms. The van der Waals surface area contributed by atoms with Gasteiger partial charge in [0.1, 0.15) is 0 Å². The predicted octanol–water partition coefficient (Wildman–Crippen LogP) is 2.83. The number of hydrogen-bond donors (Lipinski definition) is 3. The number of aliphatic hydroxyl groups excluding tert-OH is 1. The fourth-order valence-electron chi connectivity index (χ4n) is 1.62. The lowest BCUT2D eigenvalue weighted by Gasteiger charge is -2.19. The van der Waals surface area contributed by atoms with Crippen molar-refractivity contribution in [3.05, 3.63) is 33.8 Å². The molecule has 3 N–H and O–H groups in total. The first-order chi connectivity index (χ1) is 10.4. The minimum Gasteiger partial charge on any atom is -0.396 e. The molecule has 0 radical (unpaired) electrons. The summed E-state index contributed by atoms with van der Waals surface area (Å²) in [5, 5.41) is 15.6. The lowest BCUT2D eigenvalue weighted by molar-refractivity contribution is 0.123. The average molecular weight is 349 g/mol. The van der Waals surface area contributed by atoms with E-state index in [0.29, 0.717) is 29.8 Å². The van der Waals surface area contributed by atoms with Crippen LogP contribution in [0.15, 0.2) is 18.2 Å². The Bertz CT molecular complexity index is 486. The van der Waals surface area contributed by atoms with Gasteiger partial charge < -0.3 is 20.5 Å². The van der Waals surface area contributed by atoms with Crippen LogP contribution in [0.4, 0.5) is 4.79 Å². The standard InChI is InChI=1S/C15H22Cl2N2O3/c1-10(8-20)11(2)19-15(21)18-5-6-22-9-12-3-4-13(16)7-14(12)17/h3-4,7,10-11,20H,5-6,8-9H2,1-2H3,(H2,18,19,21). The highest BCUT2D eigenvalue weighted by Gasteiger charge is 2.13. The number of halogens is 2. The number of ether oxygens (including phenoxy) is 1. The van der Waals surface area contributed by atoms with Crippen LogP contribution in [0, 0.1) is 5.92 Å². The summed E-state index contributed by atoms with van der Waals surface area (Å²) < 4.78 is 5.45. The first-order valence-electron chi connectivity index (χ1n) is 7.11. The second kappa shape index (κ2) is 9.90. The van der Waals surface area contributed by atoms with Crippen molar-refractivity contribution in [1.29, 1.82) is 0 Å². The summed E-state index contributed by atoms with van der Waals surface area (Å²) in [5.74, 6) is 0.00838. The van der Waals surface area contributed by atoms with Crippen molar-refractivity contribution < 1.29 is 14.6 Å². The van der Waals surface area contributed by atoms with Gasteiger partial charge >= 0.3 is 6.03 Å². The van der Waals surface area contributed by atoms with Crippen molar-refractivity contribution in [3.63, 3.8) is 0 Å². The molecule has 1 aromatic carbocycles. The quantitative estimate of drug-likeness (QED) is 0.632. The molecular formula is C15H22Cl2N2O3. The molecule has 0 saturated heterocycles. The van der Waals surface area contributed by atoms with E-state index in [9.17, 15) is 4.79 Å². The Labute approximate surface area is 140 Å². The smallest absolute Gasteiger partial charge is 0.315 e. The maximum absolute atomic E-state index is 11.6. The number of amides is 2. The van der Waals surface area contributed by atoms with Crippen molar-refractivity contribution in [2.45, 2.75) is 26.5 Å². The van der Waals surface area contributed by atoms with Gasteiger partial charge in [0.05, 0.1) is 13.2 Å². The van der Waals surface area contributed by atoms with Crippen LogP contribution in [0.1, 0.15) is 19.4 Å². The molecule has 0 aliphatic heterocycles. The Morgan fingerprint density at radius 2 is 2.09 bits per heavy atom. The molecule has 0 aromatic heterocycles. The number of hydrogen-bond acceptors (Lipinski definition) is 3. The number of urea groups is 1. The highest BCUT2D eigenvalue weighted by atomic mass is 35.5. The maximum atomic E-state index is 11.6. The summed E-state index contributed by atoms with van der Waals surface area (Å²) in [7, 11) is 0. The van der Waals surface area contributed by atoms with Gasteiger partial charge in [-0.3, -0.25) is 0 Å². The van der Waals surface area contributed by atoms with Gasteiger partial charge in [-0.25, -0.2) is 4.79 Å². The molecule has 0 aliphatic carbocycles. The lowest BCUT2D eigenvalue weighted by Crippen LogP contribution is -2.45. The largest absolute Gasteiger partial charge is 0.396 e. The van der Waals surface area contributed by atoms with E-state index in [0.717, 1.165) is 5.56 Å². The Morgan fingerprint density at radius 3 is 2.73 bits per heavy atom. The van der Waals surface area contributed by atoms with Crippen molar-refractivity contribution in [2.75, 3.05) is 19.8 Å². The van der Waals surface area contributed by atoms with Gasteiger partial charge in [-0.05, 0) is 30.5 Å². The van der Waals surface area contributed by atoms with E-state index in [-0.39, 0.29) is 24.6 Å². The minimum atomic E-state index is -0.277. The van der Waals surface area contributed by atoms with E-state index >= 15 is 0 Å². The highest BCUT2D eigenvalue weighted by Crippen LogP contribution is 2.21. The van der Waals surface area contributed by atoms with Crippen LogP contribution in [0.2, 0.25) is 10.0 Å². The average Bonchev–Trinajstić information content (AvgIpc) is 2.47. The molecule has 1 rings (SSSR count). The number of carbonyl (C=O) groups is 1. The van der Waals surface area contributed by atoms with Gasteiger partial charge in [-0.2, -0.15) is 0 Å². The van der Waals surface area contributed by atoms with Crippen molar-refractivity contribution in [3.8, 4) is 0 Å². The number of rotatable bonds is 8. The van der Waals surface area contributed by atoms with Crippen molar-refractivity contribution >= 4 is 29.2 Å². The monoisotopic (exact) mass is 348 g/mol. The van der Waals surface area contributed by atoms with Gasteiger partial charge in [-0.1, -0.05) is 36.2 Å². The molecule has 2 unspecified atom stereocenters. The molecule has 22 heavy (non-hydrogen) atoms. The second-order valence-electron chi connectivity index (χ2n) is 5.14. The van der Waals surface area contributed by atoms with Crippen LogP contribution >= 0.6 is 23.2 Å². The summed E-state index contributed by atoms with van der Waals surface area (Å²) in [4.78, 5) is 11.6. The molecule has 2 amide bonds.